The highest BCUT2D eigenvalue weighted by atomic mass is 35.5. The number of aromatic nitrogens is 2. The lowest BCUT2D eigenvalue weighted by molar-refractivity contribution is -0.116. The van der Waals surface area contributed by atoms with Crippen molar-refractivity contribution >= 4 is 45.7 Å². The zero-order chi connectivity index (χ0) is 18.1. The maximum absolute atomic E-state index is 12.5. The molecule has 1 amide bonds. The van der Waals surface area contributed by atoms with Crippen LogP contribution in [0.2, 0.25) is 10.0 Å². The number of amides is 1. The number of hydrogen-bond donors (Lipinski definition) is 1. The van der Waals surface area contributed by atoms with Crippen molar-refractivity contribution in [2.45, 2.75) is 6.54 Å². The molecule has 3 aromatic rings. The number of halogens is 2. The highest BCUT2D eigenvalue weighted by Crippen LogP contribution is 2.24. The molecular weight excluding hydrogens is 365 g/mol. The van der Waals surface area contributed by atoms with Crippen molar-refractivity contribution in [3.8, 4) is 0 Å². The topological polar surface area (TPSA) is 73.1 Å². The SMILES string of the molecule is Cn1c(=O)n(CC(=O)Nc2ccc(Cl)c(Cl)c2)c(=O)c2ccccc21. The molecule has 2 aromatic carbocycles. The van der Waals surface area contributed by atoms with Crippen molar-refractivity contribution in [1.82, 2.24) is 9.13 Å². The van der Waals surface area contributed by atoms with E-state index in [9.17, 15) is 14.4 Å². The van der Waals surface area contributed by atoms with E-state index in [1.807, 2.05) is 0 Å². The average molecular weight is 378 g/mol. The van der Waals surface area contributed by atoms with Gasteiger partial charge in [-0.1, -0.05) is 35.3 Å². The molecule has 0 saturated heterocycles. The van der Waals surface area contributed by atoms with Gasteiger partial charge in [-0.3, -0.25) is 18.7 Å². The molecule has 1 N–H and O–H groups in total. The molecule has 128 valence electrons. The van der Waals surface area contributed by atoms with Gasteiger partial charge < -0.3 is 5.32 Å². The van der Waals surface area contributed by atoms with Gasteiger partial charge in [0.15, 0.2) is 0 Å². The monoisotopic (exact) mass is 377 g/mol. The summed E-state index contributed by atoms with van der Waals surface area (Å²) >= 11 is 11.7. The van der Waals surface area contributed by atoms with Crippen LogP contribution in [0, 0.1) is 0 Å². The van der Waals surface area contributed by atoms with Gasteiger partial charge in [0.2, 0.25) is 5.91 Å². The molecule has 0 aliphatic heterocycles. The van der Waals surface area contributed by atoms with Crippen LogP contribution in [-0.2, 0) is 18.4 Å². The van der Waals surface area contributed by atoms with Gasteiger partial charge in [-0.25, -0.2) is 4.79 Å². The molecule has 0 aliphatic carbocycles. The van der Waals surface area contributed by atoms with Crippen molar-refractivity contribution in [3.63, 3.8) is 0 Å². The van der Waals surface area contributed by atoms with Crippen LogP contribution in [0.5, 0.6) is 0 Å². The second kappa shape index (κ2) is 6.74. The summed E-state index contributed by atoms with van der Waals surface area (Å²) < 4.78 is 2.23. The molecule has 8 heteroatoms. The van der Waals surface area contributed by atoms with Crippen LogP contribution in [0.15, 0.2) is 52.1 Å². The summed E-state index contributed by atoms with van der Waals surface area (Å²) in [6.45, 7) is -0.406. The van der Waals surface area contributed by atoms with Gasteiger partial charge in [0.1, 0.15) is 6.54 Å². The first-order valence-corrected chi connectivity index (χ1v) is 8.07. The summed E-state index contributed by atoms with van der Waals surface area (Å²) in [5, 5.41) is 3.61. The lowest BCUT2D eigenvalue weighted by atomic mass is 10.2. The number of rotatable bonds is 3. The molecule has 1 heterocycles. The maximum atomic E-state index is 12.5. The molecule has 0 saturated carbocycles. The molecule has 0 aliphatic rings. The predicted molar refractivity (Wildman–Crippen MR) is 98.5 cm³/mol. The molecule has 0 radical (unpaired) electrons. The van der Waals surface area contributed by atoms with Gasteiger partial charge >= 0.3 is 5.69 Å². The van der Waals surface area contributed by atoms with Crippen LogP contribution >= 0.6 is 23.2 Å². The van der Waals surface area contributed by atoms with E-state index in [0.717, 1.165) is 4.57 Å². The number of nitrogens with zero attached hydrogens (tertiary/aromatic N) is 2. The van der Waals surface area contributed by atoms with Crippen molar-refractivity contribution in [1.29, 1.82) is 0 Å². The van der Waals surface area contributed by atoms with Gasteiger partial charge in [0.25, 0.3) is 5.56 Å². The van der Waals surface area contributed by atoms with Crippen molar-refractivity contribution in [2.75, 3.05) is 5.32 Å². The number of hydrogen-bond acceptors (Lipinski definition) is 3. The maximum Gasteiger partial charge on any atom is 0.331 e. The highest BCUT2D eigenvalue weighted by molar-refractivity contribution is 6.42. The summed E-state index contributed by atoms with van der Waals surface area (Å²) in [5.41, 5.74) is -0.139. The lowest BCUT2D eigenvalue weighted by Crippen LogP contribution is -2.41. The van der Waals surface area contributed by atoms with E-state index >= 15 is 0 Å². The van der Waals surface area contributed by atoms with Crippen molar-refractivity contribution in [3.05, 3.63) is 73.3 Å². The Morgan fingerprint density at radius 1 is 1.08 bits per heavy atom. The van der Waals surface area contributed by atoms with Crippen LogP contribution in [-0.4, -0.2) is 15.0 Å². The standard InChI is InChI=1S/C17H13Cl2N3O3/c1-21-14-5-3-2-4-11(14)16(24)22(17(21)25)9-15(23)20-10-6-7-12(18)13(19)8-10/h2-8H,9H2,1H3,(H,20,23). The van der Waals surface area contributed by atoms with E-state index in [0.29, 0.717) is 26.6 Å². The van der Waals surface area contributed by atoms with Crippen LogP contribution < -0.4 is 16.6 Å². The van der Waals surface area contributed by atoms with Gasteiger partial charge in [0, 0.05) is 12.7 Å². The molecular formula is C17H13Cl2N3O3. The van der Waals surface area contributed by atoms with Gasteiger partial charge in [0.05, 0.1) is 20.9 Å². The summed E-state index contributed by atoms with van der Waals surface area (Å²) in [5.74, 6) is -0.520. The first-order valence-electron chi connectivity index (χ1n) is 7.32. The quantitative estimate of drug-likeness (QED) is 0.762. The summed E-state index contributed by atoms with van der Waals surface area (Å²) in [6.07, 6.45) is 0. The molecule has 0 unspecified atom stereocenters. The molecule has 0 fully saturated rings. The Labute approximate surface area is 152 Å². The number of carbonyl (C=O) groups excluding carboxylic acids is 1. The lowest BCUT2D eigenvalue weighted by Gasteiger charge is -2.11. The minimum Gasteiger partial charge on any atom is -0.324 e. The van der Waals surface area contributed by atoms with E-state index in [1.54, 1.807) is 43.4 Å². The Morgan fingerprint density at radius 3 is 2.52 bits per heavy atom. The molecule has 3 rings (SSSR count). The number of nitrogens with one attached hydrogen (secondary N) is 1. The normalized spacial score (nSPS) is 10.8. The smallest absolute Gasteiger partial charge is 0.324 e. The fourth-order valence-corrected chi connectivity index (χ4v) is 2.82. The van der Waals surface area contributed by atoms with Gasteiger partial charge in [-0.2, -0.15) is 0 Å². The minimum atomic E-state index is -0.562. The van der Waals surface area contributed by atoms with Crippen LogP contribution in [0.3, 0.4) is 0 Å². The van der Waals surface area contributed by atoms with Crippen molar-refractivity contribution < 1.29 is 4.79 Å². The van der Waals surface area contributed by atoms with E-state index in [1.165, 1.54) is 10.6 Å². The third kappa shape index (κ3) is 3.31. The van der Waals surface area contributed by atoms with E-state index in [-0.39, 0.29) is 0 Å². The van der Waals surface area contributed by atoms with E-state index in [2.05, 4.69) is 5.32 Å². The van der Waals surface area contributed by atoms with Crippen LogP contribution in [0.25, 0.3) is 10.9 Å². The zero-order valence-corrected chi connectivity index (χ0v) is 14.6. The molecule has 0 atom stereocenters. The minimum absolute atomic E-state index is 0.290. The largest absolute Gasteiger partial charge is 0.331 e. The predicted octanol–water partition coefficient (Wildman–Crippen LogP) is 2.65. The molecule has 0 bridgehead atoms. The van der Waals surface area contributed by atoms with Gasteiger partial charge in [-0.05, 0) is 30.3 Å². The highest BCUT2D eigenvalue weighted by Gasteiger charge is 2.14. The summed E-state index contributed by atoms with van der Waals surface area (Å²) in [7, 11) is 1.55. The first-order chi connectivity index (χ1) is 11.9. The Kier molecular flexibility index (Phi) is 4.65. The molecule has 6 nitrogen and oxygen atoms in total. The zero-order valence-electron chi connectivity index (χ0n) is 13.1. The Morgan fingerprint density at radius 2 is 1.80 bits per heavy atom. The fourth-order valence-electron chi connectivity index (χ4n) is 2.52. The number of fused-ring (bicyclic) bond motifs is 1. The van der Waals surface area contributed by atoms with Crippen LogP contribution in [0.4, 0.5) is 5.69 Å². The second-order valence-corrected chi connectivity index (χ2v) is 6.24. The van der Waals surface area contributed by atoms with Crippen LogP contribution in [0.1, 0.15) is 0 Å². The molecule has 0 spiro atoms. The fraction of sp³-hybridized carbons (Fsp3) is 0.118. The molecule has 25 heavy (non-hydrogen) atoms. The Hall–Kier alpha value is -2.57. The van der Waals surface area contributed by atoms with Gasteiger partial charge in [-0.15, -0.1) is 0 Å². The first kappa shape index (κ1) is 17.3. The average Bonchev–Trinajstić information content (AvgIpc) is 2.60. The molecule has 1 aromatic heterocycles. The third-order valence-electron chi connectivity index (χ3n) is 3.76. The van der Waals surface area contributed by atoms with Crippen molar-refractivity contribution in [2.24, 2.45) is 7.05 Å². The number of carbonyl (C=O) groups is 1. The van der Waals surface area contributed by atoms with E-state index in [4.69, 9.17) is 23.2 Å². The number of aryl methyl sites for hydroxylation is 1. The second-order valence-electron chi connectivity index (χ2n) is 5.43. The summed E-state index contributed by atoms with van der Waals surface area (Å²) in [4.78, 5) is 37.2. The number of anilines is 1. The Balaban J connectivity index is 1.95. The van der Waals surface area contributed by atoms with E-state index < -0.39 is 23.7 Å². The summed E-state index contributed by atoms with van der Waals surface area (Å²) in [6, 6.07) is 11.3. The Bertz CT molecular complexity index is 1100. The third-order valence-corrected chi connectivity index (χ3v) is 4.50. The number of para-hydroxylation sites is 1. The number of benzene rings is 2.